The largest absolute Gasteiger partial charge is 0.273 e. The smallest absolute Gasteiger partial charge is 0.271 e. The zero-order valence-electron chi connectivity index (χ0n) is 16.6. The lowest BCUT2D eigenvalue weighted by molar-refractivity contribution is -0.133. The molecule has 1 aromatic rings. The van der Waals surface area contributed by atoms with Crippen molar-refractivity contribution in [3.05, 3.63) is 47.5 Å². The van der Waals surface area contributed by atoms with Crippen LogP contribution in [0, 0.1) is 11.8 Å². The predicted octanol–water partition coefficient (Wildman–Crippen LogP) is 6.78. The average molecular weight is 646 g/mol. The number of benzene rings is 1. The number of carbonyl (C=O) groups is 4. The van der Waals surface area contributed by atoms with Crippen LogP contribution < -0.4 is 0 Å². The highest BCUT2D eigenvalue weighted by Crippen LogP contribution is 2.48. The molecule has 184 valence electrons. The first-order valence-corrected chi connectivity index (χ1v) is 13.7. The van der Waals surface area contributed by atoms with Crippen molar-refractivity contribution in [2.75, 3.05) is 0 Å². The van der Waals surface area contributed by atoms with E-state index in [4.69, 9.17) is 81.2 Å². The van der Waals surface area contributed by atoms with E-state index < -0.39 is 23.4 Å². The van der Waals surface area contributed by atoms with Crippen LogP contribution in [-0.4, -0.2) is 43.9 Å². The topological polar surface area (TPSA) is 74.8 Å². The third-order valence-corrected chi connectivity index (χ3v) is 9.46. The number of rotatable bonds is 4. The van der Waals surface area contributed by atoms with Gasteiger partial charge in [0, 0.05) is 23.9 Å². The second-order valence-electron chi connectivity index (χ2n) is 7.07. The van der Waals surface area contributed by atoms with E-state index in [2.05, 4.69) is 0 Å². The van der Waals surface area contributed by atoms with Gasteiger partial charge in [-0.05, 0) is 25.0 Å². The first kappa shape index (κ1) is 28.5. The van der Waals surface area contributed by atoms with Gasteiger partial charge in [-0.25, -0.2) is 8.61 Å². The number of carbonyl (C=O) groups excluding carboxylic acids is 4. The lowest BCUT2D eigenvalue weighted by atomic mass is 9.85. The zero-order valence-corrected chi connectivity index (χ0v) is 23.5. The third kappa shape index (κ3) is 6.26. The van der Waals surface area contributed by atoms with Crippen LogP contribution in [0.1, 0.15) is 33.6 Å². The number of fused-ring (bicyclic) bond motifs is 2. The second-order valence-corrected chi connectivity index (χ2v) is 15.3. The molecule has 1 fully saturated rings. The molecule has 2 heterocycles. The van der Waals surface area contributed by atoms with Crippen LogP contribution in [-0.2, 0) is 9.59 Å². The number of nitrogens with zero attached hydrogens (tertiary/aromatic N) is 2. The Morgan fingerprint density at radius 2 is 1.21 bits per heavy atom. The van der Waals surface area contributed by atoms with Gasteiger partial charge < -0.3 is 0 Å². The molecule has 0 spiro atoms. The van der Waals surface area contributed by atoms with E-state index in [0.29, 0.717) is 47.9 Å². The van der Waals surface area contributed by atoms with Crippen LogP contribution >= 0.6 is 105 Å². The standard InChI is InChI=1S/C10H9Cl4NO2S.C9H4Cl3NO2S/c11-9(12)10(13,14)18-15-7(16)5-3-1-2-4-6(5)8(15)17;10-9(11,12)16-13-7(14)5-3-1-2-4-6(5)8(13)15/h1-2,5-6,9H,3-4H2;1-4H. The molecule has 1 aliphatic carbocycles. The Kier molecular flexibility index (Phi) is 9.36. The molecule has 0 saturated carbocycles. The van der Waals surface area contributed by atoms with E-state index in [9.17, 15) is 19.2 Å². The lowest BCUT2D eigenvalue weighted by Crippen LogP contribution is -2.31. The van der Waals surface area contributed by atoms with Crippen LogP contribution in [0.2, 0.25) is 0 Å². The number of amides is 4. The van der Waals surface area contributed by atoms with Crippen LogP contribution in [0.4, 0.5) is 0 Å². The first-order chi connectivity index (χ1) is 15.7. The van der Waals surface area contributed by atoms with E-state index in [0.717, 1.165) is 8.61 Å². The molecule has 34 heavy (non-hydrogen) atoms. The van der Waals surface area contributed by atoms with Crippen molar-refractivity contribution in [3.63, 3.8) is 0 Å². The molecule has 0 aromatic heterocycles. The normalized spacial score (nSPS) is 22.2. The number of imide groups is 2. The molecule has 2 aliphatic heterocycles. The van der Waals surface area contributed by atoms with Gasteiger partial charge in [-0.15, -0.1) is 23.2 Å². The lowest BCUT2D eigenvalue weighted by Gasteiger charge is -2.24. The van der Waals surface area contributed by atoms with Crippen molar-refractivity contribution in [2.24, 2.45) is 11.8 Å². The number of hydrogen-bond acceptors (Lipinski definition) is 6. The summed E-state index contributed by atoms with van der Waals surface area (Å²) in [6.07, 6.45) is 4.94. The minimum absolute atomic E-state index is 0.279. The minimum atomic E-state index is -1.74. The highest BCUT2D eigenvalue weighted by molar-refractivity contribution is 8.03. The Bertz CT molecular complexity index is 987. The van der Waals surface area contributed by atoms with Gasteiger partial charge in [-0.3, -0.25) is 19.2 Å². The van der Waals surface area contributed by atoms with Crippen molar-refractivity contribution in [1.29, 1.82) is 0 Å². The van der Waals surface area contributed by atoms with Crippen molar-refractivity contribution < 1.29 is 19.2 Å². The molecule has 1 aromatic carbocycles. The second kappa shape index (κ2) is 11.2. The van der Waals surface area contributed by atoms with Gasteiger partial charge in [0.1, 0.15) is 0 Å². The molecule has 1 saturated heterocycles. The maximum atomic E-state index is 12.1. The first-order valence-electron chi connectivity index (χ1n) is 9.36. The van der Waals surface area contributed by atoms with E-state index in [1.807, 2.05) is 12.2 Å². The Morgan fingerprint density at radius 1 is 0.765 bits per heavy atom. The number of alkyl halides is 7. The molecule has 3 aliphatic rings. The summed E-state index contributed by atoms with van der Waals surface area (Å²) in [7, 11) is 0. The summed E-state index contributed by atoms with van der Waals surface area (Å²) in [5.74, 6) is -2.11. The van der Waals surface area contributed by atoms with Gasteiger partial charge in [0.25, 0.3) is 14.9 Å². The summed E-state index contributed by atoms with van der Waals surface area (Å²) < 4.78 is -1.51. The summed E-state index contributed by atoms with van der Waals surface area (Å²) in [6, 6.07) is 6.48. The molecule has 2 unspecified atom stereocenters. The van der Waals surface area contributed by atoms with Crippen molar-refractivity contribution in [2.45, 2.75) is 24.5 Å². The SMILES string of the molecule is O=C1C2CC=CCC2C(=O)N1SC(Cl)(Cl)C(Cl)Cl.O=C1c2ccccc2C(=O)N1SC(Cl)(Cl)Cl. The molecule has 0 N–H and O–H groups in total. The van der Waals surface area contributed by atoms with E-state index >= 15 is 0 Å². The van der Waals surface area contributed by atoms with Crippen LogP contribution in [0.5, 0.6) is 0 Å². The van der Waals surface area contributed by atoms with Crippen LogP contribution in [0.3, 0.4) is 0 Å². The molecule has 4 rings (SSSR count). The van der Waals surface area contributed by atoms with Gasteiger partial charge in [0.15, 0.2) is 4.84 Å². The molecule has 6 nitrogen and oxygen atoms in total. The minimum Gasteiger partial charge on any atom is -0.273 e. The number of hydrogen-bond donors (Lipinski definition) is 0. The van der Waals surface area contributed by atoms with Gasteiger partial charge in [-0.2, -0.15) is 0 Å². The quantitative estimate of drug-likeness (QED) is 0.156. The zero-order chi connectivity index (χ0) is 25.4. The fourth-order valence-electron chi connectivity index (χ4n) is 3.37. The fourth-order valence-corrected chi connectivity index (χ4v) is 5.99. The maximum Gasteiger partial charge on any atom is 0.271 e. The number of allylic oxidation sites excluding steroid dienone is 2. The third-order valence-electron chi connectivity index (χ3n) is 4.89. The maximum absolute atomic E-state index is 12.1. The fraction of sp³-hybridized carbons (Fsp3) is 0.368. The molecular formula is C19H13Cl7N2O4S2. The van der Waals surface area contributed by atoms with Crippen molar-refractivity contribution in [1.82, 2.24) is 8.61 Å². The van der Waals surface area contributed by atoms with Crippen LogP contribution in [0.15, 0.2) is 36.4 Å². The average Bonchev–Trinajstić information content (AvgIpc) is 3.14. The molecule has 0 radical (unpaired) electrons. The molecule has 4 amide bonds. The Balaban J connectivity index is 0.000000192. The highest BCUT2D eigenvalue weighted by atomic mass is 35.6. The van der Waals surface area contributed by atoms with Gasteiger partial charge in [0.05, 0.1) is 23.0 Å². The molecular weight excluding hydrogens is 633 g/mol. The summed E-state index contributed by atoms with van der Waals surface area (Å²) in [6.45, 7) is 0. The van der Waals surface area contributed by atoms with E-state index in [1.165, 1.54) is 0 Å². The van der Waals surface area contributed by atoms with Crippen LogP contribution in [0.25, 0.3) is 0 Å². The molecule has 0 bridgehead atoms. The highest BCUT2D eigenvalue weighted by Gasteiger charge is 2.51. The predicted molar refractivity (Wildman–Crippen MR) is 140 cm³/mol. The summed E-state index contributed by atoms with van der Waals surface area (Å²) in [5.41, 5.74) is 0.656. The summed E-state index contributed by atoms with van der Waals surface area (Å²) in [5, 5.41) is 0. The van der Waals surface area contributed by atoms with Gasteiger partial charge in [-0.1, -0.05) is 82.3 Å². The van der Waals surface area contributed by atoms with E-state index in [-0.39, 0.29) is 23.7 Å². The Labute approximate surface area is 238 Å². The van der Waals surface area contributed by atoms with Crippen molar-refractivity contribution in [3.8, 4) is 0 Å². The van der Waals surface area contributed by atoms with Gasteiger partial charge in [0.2, 0.25) is 15.5 Å². The molecule has 2 atom stereocenters. The summed E-state index contributed by atoms with van der Waals surface area (Å²) >= 11 is 40.8. The Morgan fingerprint density at radius 3 is 1.59 bits per heavy atom. The monoisotopic (exact) mass is 642 g/mol. The molecule has 15 heteroatoms. The van der Waals surface area contributed by atoms with Gasteiger partial charge >= 0.3 is 0 Å². The number of halogens is 7. The van der Waals surface area contributed by atoms with E-state index in [1.54, 1.807) is 24.3 Å². The Hall–Kier alpha value is -0.0300. The van der Waals surface area contributed by atoms with Crippen molar-refractivity contribution >= 4 is 129 Å². The summed E-state index contributed by atoms with van der Waals surface area (Å²) in [4.78, 5) is 46.7.